The van der Waals surface area contributed by atoms with Crippen molar-refractivity contribution in [1.82, 2.24) is 0 Å². The summed E-state index contributed by atoms with van der Waals surface area (Å²) in [5, 5.41) is 0. The summed E-state index contributed by atoms with van der Waals surface area (Å²) < 4.78 is 27.4. The van der Waals surface area contributed by atoms with Crippen LogP contribution in [0.5, 0.6) is 0 Å². The Morgan fingerprint density at radius 2 is 1.39 bits per heavy atom. The van der Waals surface area contributed by atoms with Crippen molar-refractivity contribution in [2.24, 2.45) is 0 Å². The summed E-state index contributed by atoms with van der Waals surface area (Å²) >= 11 is 0. The average Bonchev–Trinajstić information content (AvgIpc) is 2.78. The van der Waals surface area contributed by atoms with Crippen molar-refractivity contribution >= 4 is 0 Å². The molecule has 33 heavy (non-hydrogen) atoms. The Morgan fingerprint density at radius 1 is 0.636 bits per heavy atom. The summed E-state index contributed by atoms with van der Waals surface area (Å²) in [5.41, 5.74) is 11.2. The second kappa shape index (κ2) is 12.6. The van der Waals surface area contributed by atoms with Gasteiger partial charge in [0.05, 0.1) is 13.2 Å². The van der Waals surface area contributed by atoms with Gasteiger partial charge in [0, 0.05) is 27.4 Å². The molecule has 5 heteroatoms. The smallest absolute Gasteiger partial charge is 0.150 e. The number of fused-ring (bicyclic) bond motifs is 2. The van der Waals surface area contributed by atoms with Crippen molar-refractivity contribution in [3.05, 3.63) is 57.6 Å². The molecule has 0 saturated heterocycles. The molecule has 0 bridgehead atoms. The zero-order chi connectivity index (χ0) is 22.9. The fourth-order valence-electron chi connectivity index (χ4n) is 4.76. The molecule has 0 amide bonds. The fourth-order valence-corrected chi connectivity index (χ4v) is 4.76. The molecule has 0 spiro atoms. The molecular weight excluding hydrogens is 416 g/mol. The van der Waals surface area contributed by atoms with Crippen molar-refractivity contribution in [1.29, 1.82) is 0 Å². The number of hydrogen-bond donors (Lipinski definition) is 0. The second-order valence-electron chi connectivity index (χ2n) is 9.05. The van der Waals surface area contributed by atoms with E-state index in [0.717, 1.165) is 32.5 Å². The molecule has 0 unspecified atom stereocenters. The summed E-state index contributed by atoms with van der Waals surface area (Å²) in [6.07, 6.45) is 9.29. The summed E-state index contributed by atoms with van der Waals surface area (Å²) in [4.78, 5) is 0. The molecule has 2 aliphatic carbocycles. The summed E-state index contributed by atoms with van der Waals surface area (Å²) in [6.45, 7) is 3.34. The monoisotopic (exact) mass is 454 g/mol. The van der Waals surface area contributed by atoms with E-state index in [2.05, 4.69) is 24.3 Å². The first-order valence-electron chi connectivity index (χ1n) is 12.3. The number of rotatable bonds is 16. The second-order valence-corrected chi connectivity index (χ2v) is 9.05. The Kier molecular flexibility index (Phi) is 9.33. The summed E-state index contributed by atoms with van der Waals surface area (Å²) in [7, 11) is 3.38. The molecule has 2 aromatic rings. The lowest BCUT2D eigenvalue weighted by molar-refractivity contribution is -0.124. The van der Waals surface area contributed by atoms with Gasteiger partial charge in [0.2, 0.25) is 0 Å². The molecule has 0 heterocycles. The van der Waals surface area contributed by atoms with Crippen LogP contribution in [0.4, 0.5) is 0 Å². The highest BCUT2D eigenvalue weighted by Crippen LogP contribution is 2.41. The SMILES string of the molecule is COCCCCCCOCc1cc2c(cc1-c1c(COCOCOC)ccc3c1CC3)CC2. The zero-order valence-corrected chi connectivity index (χ0v) is 20.3. The predicted molar refractivity (Wildman–Crippen MR) is 129 cm³/mol. The van der Waals surface area contributed by atoms with Gasteiger partial charge in [-0.25, -0.2) is 0 Å². The maximum atomic E-state index is 6.16. The van der Waals surface area contributed by atoms with Crippen LogP contribution in [-0.4, -0.2) is 41.0 Å². The standard InChI is InChI=1S/C28H38O5/c1-29-13-5-3-4-6-14-31-18-25-15-22-8-9-23(22)16-27(25)28-24(17-32-20-33-19-30-2)10-7-21-11-12-26(21)28/h7,10,15-16H,3-6,8-9,11-14,17-20H2,1-2H3. The van der Waals surface area contributed by atoms with Gasteiger partial charge in [-0.05, 0) is 83.0 Å². The molecule has 0 fully saturated rings. The molecule has 0 aliphatic heterocycles. The largest absolute Gasteiger partial charge is 0.385 e. The summed E-state index contributed by atoms with van der Waals surface area (Å²) in [5.74, 6) is 0. The third-order valence-electron chi connectivity index (χ3n) is 6.77. The first-order valence-corrected chi connectivity index (χ1v) is 12.3. The maximum absolute atomic E-state index is 6.16. The molecule has 4 rings (SSSR count). The Bertz CT molecular complexity index is 908. The van der Waals surface area contributed by atoms with E-state index < -0.39 is 0 Å². The van der Waals surface area contributed by atoms with Gasteiger partial charge in [0.15, 0.2) is 0 Å². The van der Waals surface area contributed by atoms with Gasteiger partial charge in [-0.2, -0.15) is 0 Å². The van der Waals surface area contributed by atoms with Crippen molar-refractivity contribution < 1.29 is 23.7 Å². The molecule has 0 N–H and O–H groups in total. The lowest BCUT2D eigenvalue weighted by atomic mass is 9.77. The number of ether oxygens (including phenoxy) is 5. The van der Waals surface area contributed by atoms with Crippen molar-refractivity contribution in [2.45, 2.75) is 64.6 Å². The van der Waals surface area contributed by atoms with Gasteiger partial charge >= 0.3 is 0 Å². The fraction of sp³-hybridized carbons (Fsp3) is 0.571. The van der Waals surface area contributed by atoms with Gasteiger partial charge < -0.3 is 23.7 Å². The Hall–Kier alpha value is -1.76. The molecule has 2 aromatic carbocycles. The van der Waals surface area contributed by atoms with E-state index in [1.54, 1.807) is 14.2 Å². The molecule has 0 aromatic heterocycles. The Morgan fingerprint density at radius 3 is 2.12 bits per heavy atom. The van der Waals surface area contributed by atoms with Gasteiger partial charge in [-0.3, -0.25) is 0 Å². The quantitative estimate of drug-likeness (QED) is 0.252. The van der Waals surface area contributed by atoms with E-state index in [4.69, 9.17) is 23.7 Å². The van der Waals surface area contributed by atoms with E-state index in [9.17, 15) is 0 Å². The lowest BCUT2D eigenvalue weighted by Crippen LogP contribution is -2.16. The van der Waals surface area contributed by atoms with E-state index in [-0.39, 0.29) is 13.6 Å². The minimum absolute atomic E-state index is 0.231. The Labute approximate surface area is 198 Å². The number of methoxy groups -OCH3 is 2. The lowest BCUT2D eigenvalue weighted by Gasteiger charge is -2.29. The van der Waals surface area contributed by atoms with Crippen LogP contribution in [0.1, 0.15) is 59.1 Å². The highest BCUT2D eigenvalue weighted by Gasteiger charge is 2.25. The Balaban J connectivity index is 1.46. The van der Waals surface area contributed by atoms with Gasteiger partial charge in [0.25, 0.3) is 0 Å². The highest BCUT2D eigenvalue weighted by atomic mass is 16.7. The van der Waals surface area contributed by atoms with Crippen LogP contribution in [0.3, 0.4) is 0 Å². The van der Waals surface area contributed by atoms with E-state index in [1.165, 1.54) is 76.6 Å². The zero-order valence-electron chi connectivity index (χ0n) is 20.3. The molecule has 180 valence electrons. The molecular formula is C28H38O5. The van der Waals surface area contributed by atoms with E-state index >= 15 is 0 Å². The third-order valence-corrected chi connectivity index (χ3v) is 6.77. The topological polar surface area (TPSA) is 46.2 Å². The molecule has 5 nitrogen and oxygen atoms in total. The molecule has 0 radical (unpaired) electrons. The van der Waals surface area contributed by atoms with Crippen molar-refractivity contribution in [3.63, 3.8) is 0 Å². The first-order chi connectivity index (χ1) is 16.3. The van der Waals surface area contributed by atoms with Gasteiger partial charge in [-0.15, -0.1) is 0 Å². The maximum Gasteiger partial charge on any atom is 0.150 e. The normalized spacial score (nSPS) is 13.9. The van der Waals surface area contributed by atoms with Crippen LogP contribution in [0.25, 0.3) is 11.1 Å². The minimum Gasteiger partial charge on any atom is -0.385 e. The first kappa shape index (κ1) is 24.4. The van der Waals surface area contributed by atoms with Crippen molar-refractivity contribution in [3.8, 4) is 11.1 Å². The predicted octanol–water partition coefficient (Wildman–Crippen LogP) is 5.37. The van der Waals surface area contributed by atoms with E-state index in [0.29, 0.717) is 13.2 Å². The number of benzene rings is 2. The van der Waals surface area contributed by atoms with Crippen LogP contribution < -0.4 is 0 Å². The number of unbranched alkanes of at least 4 members (excludes halogenated alkanes) is 3. The van der Waals surface area contributed by atoms with Gasteiger partial charge in [-0.1, -0.05) is 37.1 Å². The van der Waals surface area contributed by atoms with Crippen LogP contribution >= 0.6 is 0 Å². The molecule has 0 saturated carbocycles. The molecule has 2 aliphatic rings. The van der Waals surface area contributed by atoms with Crippen LogP contribution in [0.2, 0.25) is 0 Å². The number of hydrogen-bond acceptors (Lipinski definition) is 5. The van der Waals surface area contributed by atoms with E-state index in [1.807, 2.05) is 0 Å². The molecule has 0 atom stereocenters. The highest BCUT2D eigenvalue weighted by molar-refractivity contribution is 5.78. The van der Waals surface area contributed by atoms with Crippen molar-refractivity contribution in [2.75, 3.05) is 41.0 Å². The van der Waals surface area contributed by atoms with Crippen LogP contribution in [-0.2, 0) is 62.6 Å². The number of aryl methyl sites for hydroxylation is 3. The average molecular weight is 455 g/mol. The van der Waals surface area contributed by atoms with Gasteiger partial charge in [0.1, 0.15) is 13.6 Å². The van der Waals surface area contributed by atoms with Crippen LogP contribution in [0, 0.1) is 0 Å². The third kappa shape index (κ3) is 6.23. The van der Waals surface area contributed by atoms with Crippen LogP contribution in [0.15, 0.2) is 24.3 Å². The summed E-state index contributed by atoms with van der Waals surface area (Å²) in [6, 6.07) is 9.30. The minimum atomic E-state index is 0.231.